The molecule has 0 bridgehead atoms. The van der Waals surface area contributed by atoms with Crippen LogP contribution in [0, 0.1) is 0 Å². The van der Waals surface area contributed by atoms with E-state index in [1.54, 1.807) is 29.1 Å². The highest BCUT2D eigenvalue weighted by molar-refractivity contribution is 6.33. The standard InChI is InChI=1S/C24H26ClF2N5O3/c1-34-23-17-14-30(19-12-28-32(24(33)21(19)25)20-8-4-5-11-35-20)10-9-18(17)31(29-23)13-15-6-2-3-7-16(15)22(26)27/h2-3,6-7,12,20,22H,4-5,8-11,13-14H2,1H3. The molecule has 5 rings (SSSR count). The van der Waals surface area contributed by atoms with Crippen LogP contribution < -0.4 is 15.2 Å². The third-order valence-corrected chi connectivity index (χ3v) is 6.95. The van der Waals surface area contributed by atoms with Crippen LogP contribution in [0.4, 0.5) is 14.5 Å². The molecule has 35 heavy (non-hydrogen) atoms. The minimum atomic E-state index is -2.56. The number of fused-ring (bicyclic) bond motifs is 1. The second kappa shape index (κ2) is 9.94. The molecular formula is C24H26ClF2N5O3. The van der Waals surface area contributed by atoms with Crippen molar-refractivity contribution in [2.24, 2.45) is 0 Å². The zero-order valence-electron chi connectivity index (χ0n) is 19.3. The molecule has 0 aliphatic carbocycles. The summed E-state index contributed by atoms with van der Waals surface area (Å²) in [5, 5.41) is 8.99. The van der Waals surface area contributed by atoms with Crippen molar-refractivity contribution in [1.82, 2.24) is 19.6 Å². The quantitative estimate of drug-likeness (QED) is 0.496. The molecule has 8 nitrogen and oxygen atoms in total. The van der Waals surface area contributed by atoms with Crippen molar-refractivity contribution >= 4 is 17.3 Å². The molecule has 0 radical (unpaired) electrons. The Bertz CT molecular complexity index is 1270. The Hall–Kier alpha value is -2.98. The summed E-state index contributed by atoms with van der Waals surface area (Å²) < 4.78 is 41.2. The van der Waals surface area contributed by atoms with E-state index in [0.717, 1.165) is 30.5 Å². The lowest BCUT2D eigenvalue weighted by atomic mass is 10.1. The van der Waals surface area contributed by atoms with Crippen LogP contribution in [0.2, 0.25) is 5.02 Å². The molecule has 2 aliphatic rings. The highest BCUT2D eigenvalue weighted by Gasteiger charge is 2.29. The number of rotatable bonds is 6. The smallest absolute Gasteiger partial charge is 0.290 e. The van der Waals surface area contributed by atoms with E-state index in [9.17, 15) is 13.6 Å². The van der Waals surface area contributed by atoms with Crippen LogP contribution in [-0.4, -0.2) is 39.8 Å². The normalized spacial score (nSPS) is 18.1. The Morgan fingerprint density at radius 3 is 2.86 bits per heavy atom. The molecule has 1 saturated heterocycles. The molecule has 2 aliphatic heterocycles. The van der Waals surface area contributed by atoms with Crippen molar-refractivity contribution in [3.8, 4) is 5.88 Å². The summed E-state index contributed by atoms with van der Waals surface area (Å²) >= 11 is 6.52. The number of alkyl halides is 2. The van der Waals surface area contributed by atoms with Crippen molar-refractivity contribution in [3.63, 3.8) is 0 Å². The van der Waals surface area contributed by atoms with Gasteiger partial charge in [0.2, 0.25) is 5.88 Å². The van der Waals surface area contributed by atoms with Crippen molar-refractivity contribution < 1.29 is 18.3 Å². The molecule has 1 fully saturated rings. The van der Waals surface area contributed by atoms with Gasteiger partial charge in [0.05, 0.1) is 37.6 Å². The van der Waals surface area contributed by atoms with E-state index >= 15 is 0 Å². The summed E-state index contributed by atoms with van der Waals surface area (Å²) in [5.41, 5.74) is 2.41. The average molecular weight is 506 g/mol. The van der Waals surface area contributed by atoms with Crippen molar-refractivity contribution in [2.45, 2.75) is 51.4 Å². The van der Waals surface area contributed by atoms with E-state index in [-0.39, 0.29) is 22.7 Å². The van der Waals surface area contributed by atoms with Gasteiger partial charge in [-0.2, -0.15) is 9.78 Å². The molecule has 0 amide bonds. The summed E-state index contributed by atoms with van der Waals surface area (Å²) in [6.45, 7) is 1.77. The fourth-order valence-electron chi connectivity index (χ4n) is 4.79. The third-order valence-electron chi connectivity index (χ3n) is 6.60. The summed E-state index contributed by atoms with van der Waals surface area (Å²) in [4.78, 5) is 14.9. The number of benzene rings is 1. The fourth-order valence-corrected chi connectivity index (χ4v) is 5.05. The van der Waals surface area contributed by atoms with Gasteiger partial charge in [-0.1, -0.05) is 35.9 Å². The maximum Gasteiger partial charge on any atom is 0.290 e. The van der Waals surface area contributed by atoms with Crippen LogP contribution >= 0.6 is 11.6 Å². The summed E-state index contributed by atoms with van der Waals surface area (Å²) in [6, 6.07) is 6.47. The van der Waals surface area contributed by atoms with Crippen LogP contribution in [0.5, 0.6) is 5.88 Å². The Labute approximate surface area is 206 Å². The van der Waals surface area contributed by atoms with Gasteiger partial charge in [-0.15, -0.1) is 5.10 Å². The molecule has 1 atom stereocenters. The van der Waals surface area contributed by atoms with Crippen molar-refractivity contribution in [1.29, 1.82) is 0 Å². The molecular weight excluding hydrogens is 480 g/mol. The molecule has 2 aromatic heterocycles. The first-order chi connectivity index (χ1) is 17.0. The lowest BCUT2D eigenvalue weighted by Crippen LogP contribution is -2.36. The molecule has 1 aromatic carbocycles. The lowest BCUT2D eigenvalue weighted by Gasteiger charge is -2.30. The Morgan fingerprint density at radius 2 is 2.11 bits per heavy atom. The van der Waals surface area contributed by atoms with Gasteiger partial charge in [0.25, 0.3) is 12.0 Å². The lowest BCUT2D eigenvalue weighted by molar-refractivity contribution is -0.0424. The minimum Gasteiger partial charge on any atom is -0.480 e. The first kappa shape index (κ1) is 23.7. The number of hydrogen-bond donors (Lipinski definition) is 0. The second-order valence-electron chi connectivity index (χ2n) is 8.68. The predicted molar refractivity (Wildman–Crippen MR) is 126 cm³/mol. The largest absolute Gasteiger partial charge is 0.480 e. The molecule has 4 heterocycles. The van der Waals surface area contributed by atoms with Gasteiger partial charge in [-0.25, -0.2) is 8.78 Å². The Morgan fingerprint density at radius 1 is 1.29 bits per heavy atom. The van der Waals surface area contributed by atoms with Crippen LogP contribution in [0.1, 0.15) is 54.3 Å². The minimum absolute atomic E-state index is 0.00600. The first-order valence-electron chi connectivity index (χ1n) is 11.6. The topological polar surface area (TPSA) is 74.4 Å². The summed E-state index contributed by atoms with van der Waals surface area (Å²) in [5.74, 6) is 0.423. The molecule has 0 N–H and O–H groups in total. The number of methoxy groups -OCH3 is 1. The van der Waals surface area contributed by atoms with Crippen molar-refractivity contribution in [3.05, 3.63) is 68.2 Å². The average Bonchev–Trinajstić information content (AvgIpc) is 3.23. The fraction of sp³-hybridized carbons (Fsp3) is 0.458. The summed E-state index contributed by atoms with van der Waals surface area (Å²) in [7, 11) is 1.53. The Balaban J connectivity index is 1.42. The zero-order chi connectivity index (χ0) is 24.5. The van der Waals surface area contributed by atoms with Crippen molar-refractivity contribution in [2.75, 3.05) is 25.2 Å². The molecule has 1 unspecified atom stereocenters. The van der Waals surface area contributed by atoms with Crippen LogP contribution in [0.15, 0.2) is 35.3 Å². The highest BCUT2D eigenvalue weighted by atomic mass is 35.5. The van der Waals surface area contributed by atoms with Crippen LogP contribution in [0.3, 0.4) is 0 Å². The summed E-state index contributed by atoms with van der Waals surface area (Å²) in [6.07, 6.45) is 1.88. The molecule has 3 aromatic rings. The van der Waals surface area contributed by atoms with Gasteiger partial charge in [0.15, 0.2) is 6.23 Å². The second-order valence-corrected chi connectivity index (χ2v) is 9.06. The maximum atomic E-state index is 13.5. The zero-order valence-corrected chi connectivity index (χ0v) is 20.0. The molecule has 11 heteroatoms. The number of aromatic nitrogens is 4. The number of halogens is 3. The maximum absolute atomic E-state index is 13.5. The van der Waals surface area contributed by atoms with Gasteiger partial charge in [0, 0.05) is 30.8 Å². The first-order valence-corrected chi connectivity index (χ1v) is 12.0. The van der Waals surface area contributed by atoms with E-state index in [1.807, 2.05) is 4.90 Å². The molecule has 186 valence electrons. The van der Waals surface area contributed by atoms with Gasteiger partial charge < -0.3 is 14.4 Å². The van der Waals surface area contributed by atoms with Gasteiger partial charge in [-0.3, -0.25) is 9.48 Å². The van der Waals surface area contributed by atoms with E-state index in [2.05, 4.69) is 10.2 Å². The number of nitrogens with zero attached hydrogens (tertiary/aromatic N) is 5. The van der Waals surface area contributed by atoms with Gasteiger partial charge in [-0.05, 0) is 24.8 Å². The molecule has 0 saturated carbocycles. The SMILES string of the molecule is COc1nn(Cc2ccccc2C(F)F)c2c1CN(c1cnn(C3CCCCO3)c(=O)c1Cl)CC2. The van der Waals surface area contributed by atoms with Gasteiger partial charge >= 0.3 is 0 Å². The monoisotopic (exact) mass is 505 g/mol. The highest BCUT2D eigenvalue weighted by Crippen LogP contribution is 2.34. The van der Waals surface area contributed by atoms with E-state index in [1.165, 1.54) is 17.9 Å². The van der Waals surface area contributed by atoms with Crippen LogP contribution in [0.25, 0.3) is 0 Å². The van der Waals surface area contributed by atoms with Crippen LogP contribution in [-0.2, 0) is 24.2 Å². The van der Waals surface area contributed by atoms with E-state index in [4.69, 9.17) is 21.1 Å². The number of anilines is 1. The predicted octanol–water partition coefficient (Wildman–Crippen LogP) is 4.35. The number of hydrogen-bond acceptors (Lipinski definition) is 6. The van der Waals surface area contributed by atoms with E-state index < -0.39 is 12.7 Å². The Kier molecular flexibility index (Phi) is 6.75. The van der Waals surface area contributed by atoms with Gasteiger partial charge in [0.1, 0.15) is 5.02 Å². The number of ether oxygens (including phenoxy) is 2. The third kappa shape index (κ3) is 4.52. The van der Waals surface area contributed by atoms with E-state index in [0.29, 0.717) is 43.2 Å². The molecule has 0 spiro atoms.